The van der Waals surface area contributed by atoms with Gasteiger partial charge >= 0.3 is 0 Å². The van der Waals surface area contributed by atoms with Crippen LogP contribution in [-0.4, -0.2) is 109 Å². The van der Waals surface area contributed by atoms with Gasteiger partial charge in [0.05, 0.1) is 17.9 Å². The first-order valence-corrected chi connectivity index (χ1v) is 17.6. The largest absolute Gasteiger partial charge is 0.375 e. The lowest BCUT2D eigenvalue weighted by molar-refractivity contribution is -0.152. The third kappa shape index (κ3) is 5.54. The van der Waals surface area contributed by atoms with Gasteiger partial charge in [0.25, 0.3) is 0 Å². The van der Waals surface area contributed by atoms with Gasteiger partial charge in [0.2, 0.25) is 29.5 Å². The molecule has 6 saturated heterocycles. The second kappa shape index (κ2) is 11.8. The van der Waals surface area contributed by atoms with Gasteiger partial charge in [0, 0.05) is 76.1 Å². The molecule has 3 unspecified atom stereocenters. The average molecular weight is 626 g/mol. The Morgan fingerprint density at radius 1 is 0.889 bits per heavy atom. The Bertz CT molecular complexity index is 1210. The smallest absolute Gasteiger partial charge is 0.247 e. The number of fused-ring (bicyclic) bond motifs is 3. The quantitative estimate of drug-likeness (QED) is 0.477. The Labute approximate surface area is 266 Å². The molecule has 11 heteroatoms. The number of carbonyl (C=O) groups is 5. The van der Waals surface area contributed by atoms with Gasteiger partial charge < -0.3 is 30.1 Å². The molecule has 248 valence electrons. The van der Waals surface area contributed by atoms with Gasteiger partial charge in [-0.05, 0) is 49.9 Å². The Balaban J connectivity index is 1.19. The van der Waals surface area contributed by atoms with E-state index in [0.29, 0.717) is 64.6 Å². The maximum absolute atomic E-state index is 14.4. The fraction of sp³-hybridized carbons (Fsp3) is 0.853. The number of hydrogen-bond acceptors (Lipinski definition) is 6. The van der Waals surface area contributed by atoms with Crippen molar-refractivity contribution in [3.8, 4) is 0 Å². The van der Waals surface area contributed by atoms with Crippen LogP contribution in [0.5, 0.6) is 0 Å². The predicted molar refractivity (Wildman–Crippen MR) is 164 cm³/mol. The molecule has 8 aliphatic rings. The number of amides is 5. The second-order valence-corrected chi connectivity index (χ2v) is 15.9. The van der Waals surface area contributed by atoms with Crippen molar-refractivity contribution in [3.05, 3.63) is 0 Å². The van der Waals surface area contributed by atoms with Gasteiger partial charge in [-0.3, -0.25) is 24.0 Å². The highest BCUT2D eigenvalue weighted by Gasteiger charge is 2.70. The lowest BCUT2D eigenvalue weighted by Crippen LogP contribution is -2.65. The minimum atomic E-state index is -0.873. The Morgan fingerprint density at radius 2 is 1.60 bits per heavy atom. The van der Waals surface area contributed by atoms with Crippen LogP contribution in [0.25, 0.3) is 0 Å². The minimum Gasteiger partial charge on any atom is -0.375 e. The van der Waals surface area contributed by atoms with Crippen LogP contribution in [0.15, 0.2) is 0 Å². The highest BCUT2D eigenvalue weighted by molar-refractivity contribution is 5.93. The number of carbonyl (C=O) groups excluding carboxylic acids is 5. The molecule has 8 rings (SSSR count). The van der Waals surface area contributed by atoms with E-state index in [4.69, 9.17) is 4.74 Å². The predicted octanol–water partition coefficient (Wildman–Crippen LogP) is 1.55. The van der Waals surface area contributed by atoms with E-state index in [9.17, 15) is 24.0 Å². The second-order valence-electron chi connectivity index (χ2n) is 15.9. The lowest BCUT2D eigenvalue weighted by Gasteiger charge is -2.50. The third-order valence-electron chi connectivity index (χ3n) is 12.6. The van der Waals surface area contributed by atoms with Crippen LogP contribution in [0.3, 0.4) is 0 Å². The summed E-state index contributed by atoms with van der Waals surface area (Å²) in [6.07, 6.45) is 9.02. The standard InChI is InChI=1S/C34H51N5O6/c1-33(2)25-26(33)31(43)39-19-34(20-39)18-38(30(42)22-11-12-24(40)35-15-22)16-23(34)29(41)36-27(32(44)37-13-7-4-8-14-37)28(25)45-17-21-9-5-3-6-10-21/h21-23,25-28H,3-20H2,1-2H3,(H,35,40)(H,36,41)/t22?,23?,25?,26-,27+,28-/m1/s1. The number of nitrogens with zero attached hydrogens (tertiary/aromatic N) is 3. The number of nitrogens with one attached hydrogen (secondary N) is 2. The molecular weight excluding hydrogens is 574 g/mol. The van der Waals surface area contributed by atoms with Crippen molar-refractivity contribution in [1.29, 1.82) is 0 Å². The molecule has 1 spiro atoms. The molecule has 6 atom stereocenters. The first-order chi connectivity index (χ1) is 21.6. The van der Waals surface area contributed by atoms with Gasteiger partial charge in [-0.25, -0.2) is 0 Å². The van der Waals surface area contributed by atoms with Gasteiger partial charge in [-0.15, -0.1) is 0 Å². The molecule has 2 aliphatic carbocycles. The van der Waals surface area contributed by atoms with Crippen molar-refractivity contribution in [2.45, 2.75) is 90.2 Å². The fourth-order valence-corrected chi connectivity index (χ4v) is 9.71. The summed E-state index contributed by atoms with van der Waals surface area (Å²) in [5, 5.41) is 6.05. The number of rotatable bonds is 5. The third-order valence-corrected chi connectivity index (χ3v) is 12.6. The van der Waals surface area contributed by atoms with Crippen molar-refractivity contribution in [3.63, 3.8) is 0 Å². The van der Waals surface area contributed by atoms with Crippen molar-refractivity contribution < 1.29 is 28.7 Å². The summed E-state index contributed by atoms with van der Waals surface area (Å²) >= 11 is 0. The number of piperidine rings is 2. The van der Waals surface area contributed by atoms with Crippen LogP contribution in [0, 0.1) is 40.4 Å². The summed E-state index contributed by atoms with van der Waals surface area (Å²) < 4.78 is 6.78. The summed E-state index contributed by atoms with van der Waals surface area (Å²) in [4.78, 5) is 73.8. The van der Waals surface area contributed by atoms with Crippen molar-refractivity contribution in [2.75, 3.05) is 52.4 Å². The maximum atomic E-state index is 14.4. The van der Waals surface area contributed by atoms with Gasteiger partial charge in [-0.1, -0.05) is 33.1 Å². The van der Waals surface area contributed by atoms with Gasteiger partial charge in [0.15, 0.2) is 0 Å². The molecule has 2 saturated carbocycles. The fourth-order valence-electron chi connectivity index (χ4n) is 9.71. The molecule has 8 fully saturated rings. The molecule has 0 aromatic heterocycles. The van der Waals surface area contributed by atoms with Crippen LogP contribution >= 0.6 is 0 Å². The van der Waals surface area contributed by atoms with E-state index >= 15 is 0 Å². The van der Waals surface area contributed by atoms with Gasteiger partial charge in [-0.2, -0.15) is 0 Å². The molecule has 6 heterocycles. The Morgan fingerprint density at radius 3 is 2.29 bits per heavy atom. The number of ether oxygens (including phenoxy) is 1. The summed E-state index contributed by atoms with van der Waals surface area (Å²) in [5.74, 6) is -1.17. The molecule has 0 aromatic rings. The van der Waals surface area contributed by atoms with Crippen LogP contribution in [-0.2, 0) is 28.7 Å². The molecule has 0 aromatic carbocycles. The topological polar surface area (TPSA) is 128 Å². The van der Waals surface area contributed by atoms with Crippen LogP contribution in [0.2, 0.25) is 0 Å². The number of likely N-dealkylation sites (tertiary alicyclic amines) is 2. The molecule has 11 nitrogen and oxygen atoms in total. The monoisotopic (exact) mass is 625 g/mol. The van der Waals surface area contributed by atoms with E-state index in [2.05, 4.69) is 24.5 Å². The van der Waals surface area contributed by atoms with E-state index in [1.807, 2.05) is 9.80 Å². The SMILES string of the molecule is CC1(C)C2[C@@H](OCC3CCCCC3)[C@@H](C(=O)N3CCCCC3)NC(=O)C3CN(C(=O)C4CCC(=O)NC4)CC34CN(C4)C(=O)[C@@H]21. The zero-order valence-electron chi connectivity index (χ0n) is 27.1. The Hall–Kier alpha value is -2.69. The average Bonchev–Trinajstić information content (AvgIpc) is 3.38. The summed E-state index contributed by atoms with van der Waals surface area (Å²) in [7, 11) is 0. The normalized spacial score (nSPS) is 36.1. The minimum absolute atomic E-state index is 0.0391. The van der Waals surface area contributed by atoms with Crippen LogP contribution < -0.4 is 10.6 Å². The molecule has 5 amide bonds. The van der Waals surface area contributed by atoms with E-state index < -0.39 is 23.5 Å². The molecule has 0 radical (unpaired) electrons. The van der Waals surface area contributed by atoms with E-state index in [-0.39, 0.29) is 59.2 Å². The highest BCUT2D eigenvalue weighted by atomic mass is 16.5. The van der Waals surface area contributed by atoms with E-state index in [1.54, 1.807) is 4.90 Å². The van der Waals surface area contributed by atoms with E-state index in [1.165, 1.54) is 19.3 Å². The lowest BCUT2D eigenvalue weighted by atomic mass is 9.71. The first-order valence-electron chi connectivity index (χ1n) is 17.6. The molecule has 6 aliphatic heterocycles. The molecular formula is C34H51N5O6. The van der Waals surface area contributed by atoms with Crippen LogP contribution in [0.4, 0.5) is 0 Å². The zero-order valence-corrected chi connectivity index (χ0v) is 27.1. The van der Waals surface area contributed by atoms with Crippen molar-refractivity contribution in [2.24, 2.45) is 40.4 Å². The molecule has 2 N–H and O–H groups in total. The highest BCUT2D eigenvalue weighted by Crippen LogP contribution is 2.63. The summed E-state index contributed by atoms with van der Waals surface area (Å²) in [5.41, 5.74) is -0.896. The first kappa shape index (κ1) is 30.9. The summed E-state index contributed by atoms with van der Waals surface area (Å²) in [6.45, 7) is 7.92. The molecule has 45 heavy (non-hydrogen) atoms. The number of hydrogen-bond donors (Lipinski definition) is 2. The van der Waals surface area contributed by atoms with Gasteiger partial charge in [0.1, 0.15) is 6.04 Å². The van der Waals surface area contributed by atoms with Crippen LogP contribution in [0.1, 0.15) is 78.1 Å². The molecule has 2 bridgehead atoms. The van der Waals surface area contributed by atoms with Crippen molar-refractivity contribution >= 4 is 29.5 Å². The van der Waals surface area contributed by atoms with Crippen molar-refractivity contribution in [1.82, 2.24) is 25.3 Å². The van der Waals surface area contributed by atoms with E-state index in [0.717, 1.165) is 32.1 Å². The zero-order chi connectivity index (χ0) is 31.5. The maximum Gasteiger partial charge on any atom is 0.247 e. The Kier molecular flexibility index (Phi) is 8.14. The summed E-state index contributed by atoms with van der Waals surface area (Å²) in [6, 6.07) is -0.873.